The number of piperazine rings is 1. The first-order chi connectivity index (χ1) is 10.7. The van der Waals surface area contributed by atoms with Crippen molar-refractivity contribution < 1.29 is 19.1 Å². The van der Waals surface area contributed by atoms with Crippen molar-refractivity contribution in [3.05, 3.63) is 24.3 Å². The van der Waals surface area contributed by atoms with Crippen LogP contribution in [0.3, 0.4) is 0 Å². The smallest absolute Gasteiger partial charge is 0.330 e. The Morgan fingerprint density at radius 1 is 0.818 bits per heavy atom. The van der Waals surface area contributed by atoms with Gasteiger partial charge in [-0.05, 0) is 13.8 Å². The number of rotatable bonds is 8. The summed E-state index contributed by atoms with van der Waals surface area (Å²) in [6.07, 6.45) is 6.19. The Kier molecular flexibility index (Phi) is 9.18. The molecule has 0 spiro atoms. The Morgan fingerprint density at radius 2 is 1.18 bits per heavy atom. The summed E-state index contributed by atoms with van der Waals surface area (Å²) < 4.78 is 10.2. The minimum Gasteiger partial charge on any atom is -0.461 e. The molecular weight excluding hydrogens is 284 g/mol. The second-order valence-electron chi connectivity index (χ2n) is 5.02. The van der Waals surface area contributed by atoms with Gasteiger partial charge in [-0.15, -0.1) is 0 Å². The summed E-state index contributed by atoms with van der Waals surface area (Å²) in [5, 5.41) is 0. The van der Waals surface area contributed by atoms with Gasteiger partial charge in [0.1, 0.15) is 13.2 Å². The van der Waals surface area contributed by atoms with Gasteiger partial charge in [-0.1, -0.05) is 12.2 Å². The monoisotopic (exact) mass is 310 g/mol. The van der Waals surface area contributed by atoms with Crippen molar-refractivity contribution >= 4 is 11.9 Å². The molecule has 0 aliphatic carbocycles. The number of nitrogens with zero attached hydrogens (tertiary/aromatic N) is 2. The van der Waals surface area contributed by atoms with E-state index < -0.39 is 0 Å². The molecule has 0 amide bonds. The van der Waals surface area contributed by atoms with E-state index in [0.29, 0.717) is 13.2 Å². The molecule has 0 saturated carbocycles. The molecule has 0 N–H and O–H groups in total. The van der Waals surface area contributed by atoms with Gasteiger partial charge in [-0.2, -0.15) is 0 Å². The molecule has 6 heteroatoms. The van der Waals surface area contributed by atoms with E-state index in [9.17, 15) is 9.59 Å². The van der Waals surface area contributed by atoms with E-state index in [1.165, 1.54) is 12.2 Å². The quantitative estimate of drug-likeness (QED) is 0.489. The summed E-state index contributed by atoms with van der Waals surface area (Å²) in [5.41, 5.74) is 0. The molecule has 0 radical (unpaired) electrons. The third-order valence-corrected chi connectivity index (χ3v) is 3.37. The zero-order chi connectivity index (χ0) is 16.2. The fourth-order valence-corrected chi connectivity index (χ4v) is 2.16. The molecule has 22 heavy (non-hydrogen) atoms. The van der Waals surface area contributed by atoms with Crippen molar-refractivity contribution in [1.29, 1.82) is 0 Å². The standard InChI is InChI=1S/C16H26N2O4/c1-3-5-15(19)21-13-11-17-7-9-18(10-8-17)12-14-22-16(20)6-4-2/h3-6H,7-14H2,1-2H3. The Bertz CT molecular complexity index is 361. The van der Waals surface area contributed by atoms with Crippen molar-refractivity contribution in [2.24, 2.45) is 0 Å². The van der Waals surface area contributed by atoms with Crippen LogP contribution in [0.2, 0.25) is 0 Å². The summed E-state index contributed by atoms with van der Waals surface area (Å²) in [6, 6.07) is 0. The summed E-state index contributed by atoms with van der Waals surface area (Å²) in [7, 11) is 0. The lowest BCUT2D eigenvalue weighted by atomic mass is 10.3. The first kappa shape index (κ1) is 18.4. The Morgan fingerprint density at radius 3 is 1.50 bits per heavy atom. The van der Waals surface area contributed by atoms with Crippen molar-refractivity contribution in [1.82, 2.24) is 9.80 Å². The minimum absolute atomic E-state index is 0.288. The minimum atomic E-state index is -0.288. The molecule has 0 atom stereocenters. The highest BCUT2D eigenvalue weighted by atomic mass is 16.5. The van der Waals surface area contributed by atoms with Crippen LogP contribution in [-0.2, 0) is 19.1 Å². The van der Waals surface area contributed by atoms with Crippen molar-refractivity contribution in [2.45, 2.75) is 13.8 Å². The number of hydrogen-bond donors (Lipinski definition) is 0. The lowest BCUT2D eigenvalue weighted by Gasteiger charge is -2.34. The van der Waals surface area contributed by atoms with Crippen LogP contribution in [-0.4, -0.2) is 74.2 Å². The molecule has 6 nitrogen and oxygen atoms in total. The molecule has 1 aliphatic rings. The van der Waals surface area contributed by atoms with Crippen molar-refractivity contribution in [3.8, 4) is 0 Å². The fourth-order valence-electron chi connectivity index (χ4n) is 2.16. The van der Waals surface area contributed by atoms with Crippen LogP contribution in [0, 0.1) is 0 Å². The molecule has 0 aromatic rings. The molecular formula is C16H26N2O4. The van der Waals surface area contributed by atoms with Crippen LogP contribution in [0.4, 0.5) is 0 Å². The second kappa shape index (κ2) is 11.0. The van der Waals surface area contributed by atoms with E-state index in [1.54, 1.807) is 26.0 Å². The van der Waals surface area contributed by atoms with Crippen LogP contribution in [0.1, 0.15) is 13.8 Å². The number of esters is 2. The van der Waals surface area contributed by atoms with E-state index >= 15 is 0 Å². The summed E-state index contributed by atoms with van der Waals surface area (Å²) in [6.45, 7) is 9.67. The van der Waals surface area contributed by atoms with E-state index in [1.807, 2.05) is 0 Å². The van der Waals surface area contributed by atoms with Gasteiger partial charge in [0, 0.05) is 51.4 Å². The normalized spacial score (nSPS) is 17.2. The van der Waals surface area contributed by atoms with Gasteiger partial charge in [0.05, 0.1) is 0 Å². The SMILES string of the molecule is CC=CC(=O)OCCN1CCN(CCOC(=O)C=CC)CC1. The largest absolute Gasteiger partial charge is 0.461 e. The average molecular weight is 310 g/mol. The Balaban J connectivity index is 2.08. The highest BCUT2D eigenvalue weighted by molar-refractivity contribution is 5.82. The fraction of sp³-hybridized carbons (Fsp3) is 0.625. The number of allylic oxidation sites excluding steroid dienone is 2. The number of hydrogen-bond acceptors (Lipinski definition) is 6. The van der Waals surface area contributed by atoms with Gasteiger partial charge in [0.25, 0.3) is 0 Å². The number of carbonyl (C=O) groups excluding carboxylic acids is 2. The molecule has 0 aromatic heterocycles. The maximum atomic E-state index is 11.2. The third-order valence-electron chi connectivity index (χ3n) is 3.37. The van der Waals surface area contributed by atoms with E-state index in [4.69, 9.17) is 9.47 Å². The summed E-state index contributed by atoms with van der Waals surface area (Å²) in [5.74, 6) is -0.576. The Labute approximate surface area is 132 Å². The summed E-state index contributed by atoms with van der Waals surface area (Å²) in [4.78, 5) is 26.9. The van der Waals surface area contributed by atoms with E-state index in [0.717, 1.165) is 39.3 Å². The highest BCUT2D eigenvalue weighted by Crippen LogP contribution is 2.01. The number of carbonyl (C=O) groups is 2. The van der Waals surface area contributed by atoms with Crippen LogP contribution in [0.5, 0.6) is 0 Å². The van der Waals surface area contributed by atoms with Gasteiger partial charge in [-0.25, -0.2) is 9.59 Å². The lowest BCUT2D eigenvalue weighted by molar-refractivity contribution is -0.139. The van der Waals surface area contributed by atoms with Crippen molar-refractivity contribution in [3.63, 3.8) is 0 Å². The molecule has 0 unspecified atom stereocenters. The first-order valence-electron chi connectivity index (χ1n) is 7.69. The molecule has 1 rings (SSSR count). The molecule has 0 bridgehead atoms. The van der Waals surface area contributed by atoms with Crippen LogP contribution >= 0.6 is 0 Å². The van der Waals surface area contributed by atoms with Crippen LogP contribution in [0.25, 0.3) is 0 Å². The molecule has 0 aromatic carbocycles. The van der Waals surface area contributed by atoms with E-state index in [-0.39, 0.29) is 11.9 Å². The average Bonchev–Trinajstić information content (AvgIpc) is 2.49. The summed E-state index contributed by atoms with van der Waals surface area (Å²) >= 11 is 0. The van der Waals surface area contributed by atoms with Gasteiger partial charge in [-0.3, -0.25) is 9.80 Å². The Hall–Kier alpha value is -1.66. The van der Waals surface area contributed by atoms with Gasteiger partial charge >= 0.3 is 11.9 Å². The van der Waals surface area contributed by atoms with Crippen LogP contribution in [0.15, 0.2) is 24.3 Å². The predicted octanol–water partition coefficient (Wildman–Crippen LogP) is 0.843. The second-order valence-corrected chi connectivity index (χ2v) is 5.02. The maximum absolute atomic E-state index is 11.2. The molecule has 1 aliphatic heterocycles. The zero-order valence-corrected chi connectivity index (χ0v) is 13.5. The zero-order valence-electron chi connectivity index (χ0n) is 13.5. The first-order valence-corrected chi connectivity index (χ1v) is 7.69. The molecule has 124 valence electrons. The predicted molar refractivity (Wildman–Crippen MR) is 84.4 cm³/mol. The van der Waals surface area contributed by atoms with Gasteiger partial charge in [0.2, 0.25) is 0 Å². The van der Waals surface area contributed by atoms with Gasteiger partial charge < -0.3 is 9.47 Å². The number of ether oxygens (including phenoxy) is 2. The lowest BCUT2D eigenvalue weighted by Crippen LogP contribution is -2.48. The third kappa shape index (κ3) is 7.95. The van der Waals surface area contributed by atoms with Gasteiger partial charge in [0.15, 0.2) is 0 Å². The molecule has 1 fully saturated rings. The molecule has 1 saturated heterocycles. The highest BCUT2D eigenvalue weighted by Gasteiger charge is 2.16. The van der Waals surface area contributed by atoms with Crippen molar-refractivity contribution in [2.75, 3.05) is 52.5 Å². The topological polar surface area (TPSA) is 59.1 Å². The maximum Gasteiger partial charge on any atom is 0.330 e. The molecule has 1 heterocycles. The van der Waals surface area contributed by atoms with E-state index in [2.05, 4.69) is 9.80 Å². The van der Waals surface area contributed by atoms with Crippen LogP contribution < -0.4 is 0 Å².